The zero-order chi connectivity index (χ0) is 14.5. The number of hydrogen-bond acceptors (Lipinski definition) is 3. The van der Waals surface area contributed by atoms with Crippen molar-refractivity contribution in [2.24, 2.45) is 0 Å². The highest BCUT2D eigenvalue weighted by atomic mass is 15.2. The van der Waals surface area contributed by atoms with Crippen molar-refractivity contribution in [3.8, 4) is 0 Å². The molecule has 2 N–H and O–H groups in total. The smallest absolute Gasteiger partial charge is 0.0518 e. The predicted octanol–water partition coefficient (Wildman–Crippen LogP) is 2.90. The lowest BCUT2D eigenvalue weighted by Gasteiger charge is -2.29. The molecule has 1 aliphatic heterocycles. The molecule has 0 spiro atoms. The first kappa shape index (κ1) is 14.3. The first-order valence-corrected chi connectivity index (χ1v) is 7.86. The third kappa shape index (κ3) is 3.52. The summed E-state index contributed by atoms with van der Waals surface area (Å²) in [6, 6.07) is 13.6. The summed E-state index contributed by atoms with van der Waals surface area (Å²) in [5.74, 6) is 0. The van der Waals surface area contributed by atoms with Gasteiger partial charge >= 0.3 is 0 Å². The second-order valence-corrected chi connectivity index (χ2v) is 5.81. The first-order chi connectivity index (χ1) is 10.3. The standard InChI is InChI=1S/C17H24N4/c1-14(16-9-10-19-20-16)18-13-17(21-11-5-6-12-21)15-7-3-2-4-8-15/h2-4,7-10,14,17-18H,5-6,11-13H2,1H3,(H,19,20). The van der Waals surface area contributed by atoms with Crippen LogP contribution >= 0.6 is 0 Å². The van der Waals surface area contributed by atoms with Gasteiger partial charge in [0.1, 0.15) is 0 Å². The summed E-state index contributed by atoms with van der Waals surface area (Å²) in [5, 5.41) is 10.7. The van der Waals surface area contributed by atoms with Crippen LogP contribution in [0.4, 0.5) is 0 Å². The Hall–Kier alpha value is -1.65. The van der Waals surface area contributed by atoms with Gasteiger partial charge in [-0.3, -0.25) is 10.00 Å². The molecule has 1 aromatic carbocycles. The van der Waals surface area contributed by atoms with Crippen LogP contribution in [0.25, 0.3) is 0 Å². The van der Waals surface area contributed by atoms with Gasteiger partial charge in [0.05, 0.1) is 5.69 Å². The molecule has 0 aliphatic carbocycles. The van der Waals surface area contributed by atoms with Crippen molar-refractivity contribution in [1.82, 2.24) is 20.4 Å². The van der Waals surface area contributed by atoms with Gasteiger partial charge in [0.25, 0.3) is 0 Å². The van der Waals surface area contributed by atoms with Crippen LogP contribution in [0.5, 0.6) is 0 Å². The van der Waals surface area contributed by atoms with E-state index in [1.807, 2.05) is 12.3 Å². The highest BCUT2D eigenvalue weighted by molar-refractivity contribution is 5.20. The second kappa shape index (κ2) is 6.87. The Kier molecular flexibility index (Phi) is 4.68. The highest BCUT2D eigenvalue weighted by Crippen LogP contribution is 2.25. The molecule has 2 unspecified atom stereocenters. The summed E-state index contributed by atoms with van der Waals surface area (Å²) in [7, 11) is 0. The number of hydrogen-bond donors (Lipinski definition) is 2. The Bertz CT molecular complexity index is 517. The van der Waals surface area contributed by atoms with Crippen LogP contribution in [0.3, 0.4) is 0 Å². The molecule has 1 aliphatic rings. The number of likely N-dealkylation sites (tertiary alicyclic amines) is 1. The molecule has 3 rings (SSSR count). The van der Waals surface area contributed by atoms with E-state index in [0.29, 0.717) is 12.1 Å². The molecule has 1 fully saturated rings. The fourth-order valence-corrected chi connectivity index (χ4v) is 3.09. The Balaban J connectivity index is 1.67. The van der Waals surface area contributed by atoms with Crippen molar-refractivity contribution in [2.75, 3.05) is 19.6 Å². The quantitative estimate of drug-likeness (QED) is 0.857. The molecule has 0 radical (unpaired) electrons. The van der Waals surface area contributed by atoms with Crippen molar-refractivity contribution in [3.63, 3.8) is 0 Å². The van der Waals surface area contributed by atoms with E-state index in [4.69, 9.17) is 0 Å². The summed E-state index contributed by atoms with van der Waals surface area (Å²) in [4.78, 5) is 2.60. The van der Waals surface area contributed by atoms with Crippen LogP contribution in [0.15, 0.2) is 42.6 Å². The second-order valence-electron chi connectivity index (χ2n) is 5.81. The van der Waals surface area contributed by atoms with Crippen molar-refractivity contribution in [3.05, 3.63) is 53.9 Å². The first-order valence-electron chi connectivity index (χ1n) is 7.86. The SMILES string of the molecule is CC(NCC(c1ccccc1)N1CCCC1)c1ccn[nH]1. The minimum Gasteiger partial charge on any atom is -0.307 e. The normalized spacial score (nSPS) is 18.7. The van der Waals surface area contributed by atoms with Gasteiger partial charge in [-0.25, -0.2) is 0 Å². The van der Waals surface area contributed by atoms with Gasteiger partial charge in [-0.05, 0) is 44.5 Å². The Morgan fingerprint density at radius 2 is 1.95 bits per heavy atom. The maximum Gasteiger partial charge on any atom is 0.0518 e. The van der Waals surface area contributed by atoms with Crippen molar-refractivity contribution in [1.29, 1.82) is 0 Å². The fraction of sp³-hybridized carbons (Fsp3) is 0.471. The van der Waals surface area contributed by atoms with Crippen molar-refractivity contribution in [2.45, 2.75) is 31.8 Å². The Morgan fingerprint density at radius 3 is 2.62 bits per heavy atom. The molecule has 4 nitrogen and oxygen atoms in total. The third-order valence-electron chi connectivity index (χ3n) is 4.37. The molecule has 1 saturated heterocycles. The van der Waals surface area contributed by atoms with Gasteiger partial charge in [0.2, 0.25) is 0 Å². The van der Waals surface area contributed by atoms with Crippen molar-refractivity contribution < 1.29 is 0 Å². The van der Waals surface area contributed by atoms with E-state index in [0.717, 1.165) is 12.2 Å². The van der Waals surface area contributed by atoms with E-state index in [-0.39, 0.29) is 0 Å². The average Bonchev–Trinajstić information content (AvgIpc) is 3.22. The van der Waals surface area contributed by atoms with Crippen molar-refractivity contribution >= 4 is 0 Å². The van der Waals surface area contributed by atoms with Crippen LogP contribution in [-0.4, -0.2) is 34.7 Å². The third-order valence-corrected chi connectivity index (χ3v) is 4.37. The van der Waals surface area contributed by atoms with E-state index in [1.54, 1.807) is 0 Å². The molecule has 2 aromatic rings. The highest BCUT2D eigenvalue weighted by Gasteiger charge is 2.23. The summed E-state index contributed by atoms with van der Waals surface area (Å²) < 4.78 is 0. The maximum atomic E-state index is 4.03. The number of nitrogens with zero attached hydrogens (tertiary/aromatic N) is 2. The van der Waals surface area contributed by atoms with Crippen LogP contribution in [-0.2, 0) is 0 Å². The molecule has 0 amide bonds. The van der Waals surface area contributed by atoms with E-state index >= 15 is 0 Å². The van der Waals surface area contributed by atoms with Gasteiger partial charge < -0.3 is 5.32 Å². The van der Waals surface area contributed by atoms with Gasteiger partial charge in [0, 0.05) is 24.8 Å². The van der Waals surface area contributed by atoms with Crippen LogP contribution in [0.2, 0.25) is 0 Å². The Labute approximate surface area is 126 Å². The van der Waals surface area contributed by atoms with E-state index in [9.17, 15) is 0 Å². The van der Waals surface area contributed by atoms with Gasteiger partial charge in [-0.15, -0.1) is 0 Å². The summed E-state index contributed by atoms with van der Waals surface area (Å²) in [6.45, 7) is 5.56. The zero-order valence-corrected chi connectivity index (χ0v) is 12.6. The van der Waals surface area contributed by atoms with E-state index in [2.05, 4.69) is 57.7 Å². The van der Waals surface area contributed by atoms with Crippen LogP contribution in [0.1, 0.15) is 43.1 Å². The molecule has 1 aromatic heterocycles. The average molecular weight is 284 g/mol. The van der Waals surface area contributed by atoms with E-state index in [1.165, 1.54) is 31.5 Å². The lowest BCUT2D eigenvalue weighted by Crippen LogP contribution is -2.35. The van der Waals surface area contributed by atoms with Gasteiger partial charge in [-0.2, -0.15) is 5.10 Å². The lowest BCUT2D eigenvalue weighted by atomic mass is 10.0. The van der Waals surface area contributed by atoms with Gasteiger partial charge in [-0.1, -0.05) is 30.3 Å². The van der Waals surface area contributed by atoms with E-state index < -0.39 is 0 Å². The Morgan fingerprint density at radius 1 is 1.19 bits per heavy atom. The number of nitrogens with one attached hydrogen (secondary N) is 2. The van der Waals surface area contributed by atoms with Crippen LogP contribution in [0, 0.1) is 0 Å². The molecule has 2 atom stereocenters. The minimum atomic E-state index is 0.293. The molecular weight excluding hydrogens is 260 g/mol. The largest absolute Gasteiger partial charge is 0.307 e. The molecule has 21 heavy (non-hydrogen) atoms. The molecule has 0 bridgehead atoms. The minimum absolute atomic E-state index is 0.293. The number of benzene rings is 1. The zero-order valence-electron chi connectivity index (χ0n) is 12.6. The lowest BCUT2D eigenvalue weighted by molar-refractivity contribution is 0.233. The van der Waals surface area contributed by atoms with Crippen LogP contribution < -0.4 is 5.32 Å². The number of H-pyrrole nitrogens is 1. The summed E-state index contributed by atoms with van der Waals surface area (Å²) >= 11 is 0. The number of rotatable bonds is 6. The summed E-state index contributed by atoms with van der Waals surface area (Å²) in [6.07, 6.45) is 4.45. The molecule has 0 saturated carbocycles. The fourth-order valence-electron chi connectivity index (χ4n) is 3.09. The maximum absolute atomic E-state index is 4.03. The molecule has 2 heterocycles. The molecular formula is C17H24N4. The molecule has 112 valence electrons. The topological polar surface area (TPSA) is 44.0 Å². The molecule has 4 heteroatoms. The van der Waals surface area contributed by atoms with Gasteiger partial charge in [0.15, 0.2) is 0 Å². The number of aromatic amines is 1. The predicted molar refractivity (Wildman–Crippen MR) is 85.0 cm³/mol. The summed E-state index contributed by atoms with van der Waals surface area (Å²) in [5.41, 5.74) is 2.55. The number of aromatic nitrogens is 2. The monoisotopic (exact) mass is 284 g/mol.